The van der Waals surface area contributed by atoms with Crippen LogP contribution < -0.4 is 5.11 Å². The summed E-state index contributed by atoms with van der Waals surface area (Å²) >= 11 is 0. The van der Waals surface area contributed by atoms with Crippen LogP contribution in [0.3, 0.4) is 0 Å². The van der Waals surface area contributed by atoms with Gasteiger partial charge in [-0.3, -0.25) is 9.59 Å². The summed E-state index contributed by atoms with van der Waals surface area (Å²) in [7, 11) is 5.93. The topological polar surface area (TPSA) is 111 Å². The Hall–Kier alpha value is -3.27. The first-order valence-electron chi connectivity index (χ1n) is 34.1. The number of carboxylic acids is 1. The standard InChI is InChI=1S/C72H129NO8/c1-6-8-10-12-14-16-18-20-22-24-26-27-28-29-30-31-32-33-34-35-36-37-38-39-40-41-42-43-45-47-49-51-53-55-57-59-61-63-70(75)81-68(67-80-72(71(76)77)78-65-64-73(3,4)5)66-79-69(74)62-60-58-56-54-52-50-48-46-44-25-23-21-19-17-15-13-11-9-7-2/h15,17-18,20-21,23-24,26,28-29,44,46,68,72H,6-14,16,19,22,25,27,30-43,45,47-67H2,1-5H3/b17-15-,20-18-,23-21-,26-24-,29-28-,46-44-. The molecule has 0 saturated carbocycles. The quantitative estimate of drug-likeness (QED) is 0.0195. The lowest BCUT2D eigenvalue weighted by molar-refractivity contribution is -0.870. The van der Waals surface area contributed by atoms with Crippen molar-refractivity contribution in [3.8, 4) is 0 Å². The predicted octanol–water partition coefficient (Wildman–Crippen LogP) is 19.6. The third-order valence-electron chi connectivity index (χ3n) is 14.9. The average Bonchev–Trinajstić information content (AvgIpc) is 3.44. The molecule has 81 heavy (non-hydrogen) atoms. The van der Waals surface area contributed by atoms with Crippen LogP contribution in [-0.4, -0.2) is 82.3 Å². The second-order valence-corrected chi connectivity index (χ2v) is 24.1. The Kier molecular flexibility index (Phi) is 60.2. The molecule has 0 rings (SSSR count). The highest BCUT2D eigenvalue weighted by Gasteiger charge is 2.22. The predicted molar refractivity (Wildman–Crippen MR) is 343 cm³/mol. The van der Waals surface area contributed by atoms with Crippen LogP contribution in [0.1, 0.15) is 309 Å². The lowest BCUT2D eigenvalue weighted by Crippen LogP contribution is -2.44. The highest BCUT2D eigenvalue weighted by molar-refractivity contribution is 5.70. The van der Waals surface area contributed by atoms with Crippen molar-refractivity contribution in [2.24, 2.45) is 0 Å². The summed E-state index contributed by atoms with van der Waals surface area (Å²) in [5.74, 6) is -2.29. The summed E-state index contributed by atoms with van der Waals surface area (Å²) in [6.45, 7) is 4.72. The van der Waals surface area contributed by atoms with Crippen molar-refractivity contribution in [1.82, 2.24) is 0 Å². The second-order valence-electron chi connectivity index (χ2n) is 24.1. The van der Waals surface area contributed by atoms with Crippen molar-refractivity contribution in [3.05, 3.63) is 72.9 Å². The maximum Gasteiger partial charge on any atom is 0.306 e. The normalized spacial score (nSPS) is 13.1. The van der Waals surface area contributed by atoms with E-state index in [4.69, 9.17) is 18.9 Å². The SMILES string of the molecule is CCCCC/C=C\C/C=C\C/C=C\CCCCCCCCC(=O)OCC(COC(OCC[N+](C)(C)C)C(=O)[O-])OC(=O)CCCCCCCCCCCCCCCCCCCCCCCC/C=C\C/C=C\C/C=C\CCCCCCC. The van der Waals surface area contributed by atoms with Gasteiger partial charge in [0.1, 0.15) is 13.2 Å². The third-order valence-corrected chi connectivity index (χ3v) is 14.9. The minimum Gasteiger partial charge on any atom is -0.545 e. The van der Waals surface area contributed by atoms with Crippen molar-refractivity contribution in [2.75, 3.05) is 47.5 Å². The first kappa shape index (κ1) is 77.7. The van der Waals surface area contributed by atoms with E-state index in [2.05, 4.69) is 86.8 Å². The Morgan fingerprint density at radius 3 is 1.01 bits per heavy atom. The molecule has 0 radical (unpaired) electrons. The molecule has 470 valence electrons. The molecule has 0 amide bonds. The Labute approximate surface area is 500 Å². The highest BCUT2D eigenvalue weighted by atomic mass is 16.7. The number of quaternary nitrogens is 1. The van der Waals surface area contributed by atoms with Crippen LogP contribution in [0.5, 0.6) is 0 Å². The maximum atomic E-state index is 12.9. The summed E-state index contributed by atoms with van der Waals surface area (Å²) in [5, 5.41) is 11.8. The third kappa shape index (κ3) is 64.1. The molecular formula is C72H129NO8. The smallest absolute Gasteiger partial charge is 0.306 e. The summed E-state index contributed by atoms with van der Waals surface area (Å²) in [5.41, 5.74) is 0. The van der Waals surface area contributed by atoms with Crippen molar-refractivity contribution in [1.29, 1.82) is 0 Å². The summed E-state index contributed by atoms with van der Waals surface area (Å²) in [4.78, 5) is 37.4. The molecule has 0 fully saturated rings. The van der Waals surface area contributed by atoms with E-state index >= 15 is 0 Å². The molecule has 0 heterocycles. The maximum absolute atomic E-state index is 12.9. The number of esters is 2. The lowest BCUT2D eigenvalue weighted by atomic mass is 10.0. The van der Waals surface area contributed by atoms with Gasteiger partial charge in [-0.1, -0.05) is 279 Å². The highest BCUT2D eigenvalue weighted by Crippen LogP contribution is 2.17. The van der Waals surface area contributed by atoms with Gasteiger partial charge >= 0.3 is 11.9 Å². The van der Waals surface area contributed by atoms with Gasteiger partial charge in [-0.15, -0.1) is 0 Å². The number of unbranched alkanes of at least 4 members (excludes halogenated alkanes) is 36. The zero-order valence-corrected chi connectivity index (χ0v) is 53.7. The van der Waals surface area contributed by atoms with Crippen molar-refractivity contribution in [3.63, 3.8) is 0 Å². The van der Waals surface area contributed by atoms with Gasteiger partial charge in [0.25, 0.3) is 0 Å². The van der Waals surface area contributed by atoms with Crippen LogP contribution in [0.2, 0.25) is 0 Å². The van der Waals surface area contributed by atoms with E-state index in [1.54, 1.807) is 0 Å². The van der Waals surface area contributed by atoms with Gasteiger partial charge in [-0.05, 0) is 89.9 Å². The molecule has 0 spiro atoms. The summed E-state index contributed by atoms with van der Waals surface area (Å²) < 4.78 is 22.8. The number of carbonyl (C=O) groups is 3. The van der Waals surface area contributed by atoms with E-state index < -0.39 is 24.3 Å². The first-order valence-corrected chi connectivity index (χ1v) is 34.1. The van der Waals surface area contributed by atoms with Crippen LogP contribution in [0.25, 0.3) is 0 Å². The number of hydrogen-bond acceptors (Lipinski definition) is 8. The zero-order valence-electron chi connectivity index (χ0n) is 53.7. The molecule has 0 N–H and O–H groups in total. The molecule has 0 bridgehead atoms. The minimum absolute atomic E-state index is 0.145. The molecule has 0 aliphatic heterocycles. The number of nitrogens with zero attached hydrogens (tertiary/aromatic N) is 1. The van der Waals surface area contributed by atoms with Crippen LogP contribution in [0.15, 0.2) is 72.9 Å². The zero-order chi connectivity index (χ0) is 59.1. The van der Waals surface area contributed by atoms with Gasteiger partial charge in [0.05, 0.1) is 40.3 Å². The molecule has 0 aromatic heterocycles. The average molecular weight is 1140 g/mol. The molecule has 0 aliphatic rings. The number of aliphatic carboxylic acids is 1. The number of carbonyl (C=O) groups excluding carboxylic acids is 3. The van der Waals surface area contributed by atoms with Crippen LogP contribution in [0.4, 0.5) is 0 Å². The van der Waals surface area contributed by atoms with E-state index in [9.17, 15) is 19.5 Å². The lowest BCUT2D eigenvalue weighted by Gasteiger charge is -2.26. The van der Waals surface area contributed by atoms with E-state index in [1.807, 2.05) is 21.1 Å². The molecule has 0 aromatic carbocycles. The molecule has 0 saturated heterocycles. The fourth-order valence-corrected chi connectivity index (χ4v) is 9.67. The molecule has 2 atom stereocenters. The number of rotatable bonds is 63. The van der Waals surface area contributed by atoms with Gasteiger partial charge in [0.15, 0.2) is 12.4 Å². The molecule has 0 aliphatic carbocycles. The number of carboxylic acid groups (broad SMARTS) is 1. The van der Waals surface area contributed by atoms with E-state index in [0.29, 0.717) is 17.4 Å². The number of likely N-dealkylation sites (N-methyl/N-ethyl adjacent to an activating group) is 1. The van der Waals surface area contributed by atoms with E-state index in [1.165, 1.54) is 205 Å². The van der Waals surface area contributed by atoms with Gasteiger partial charge in [-0.25, -0.2) is 0 Å². The second kappa shape index (κ2) is 62.8. The molecular weight excluding hydrogens is 1010 g/mol. The van der Waals surface area contributed by atoms with Crippen molar-refractivity contribution >= 4 is 17.9 Å². The van der Waals surface area contributed by atoms with E-state index in [0.717, 1.165) is 70.6 Å². The monoisotopic (exact) mass is 1140 g/mol. The number of ether oxygens (including phenoxy) is 4. The Bertz CT molecular complexity index is 1560. The molecule has 0 aromatic rings. The number of hydrogen-bond donors (Lipinski definition) is 0. The van der Waals surface area contributed by atoms with Crippen molar-refractivity contribution < 1.29 is 42.9 Å². The largest absolute Gasteiger partial charge is 0.545 e. The fraction of sp³-hybridized carbons (Fsp3) is 0.792. The minimum atomic E-state index is -1.63. The summed E-state index contributed by atoms with van der Waals surface area (Å²) in [6, 6.07) is 0. The number of allylic oxidation sites excluding steroid dienone is 12. The molecule has 9 nitrogen and oxygen atoms in total. The van der Waals surface area contributed by atoms with Crippen molar-refractivity contribution in [2.45, 2.75) is 322 Å². The Balaban J connectivity index is 4.04. The Morgan fingerprint density at radius 2 is 0.667 bits per heavy atom. The Morgan fingerprint density at radius 1 is 0.370 bits per heavy atom. The fourth-order valence-electron chi connectivity index (χ4n) is 9.67. The first-order chi connectivity index (χ1) is 39.6. The van der Waals surface area contributed by atoms with Crippen LogP contribution >= 0.6 is 0 Å². The van der Waals surface area contributed by atoms with Gasteiger partial charge in [-0.2, -0.15) is 0 Å². The van der Waals surface area contributed by atoms with Gasteiger partial charge in [0.2, 0.25) is 0 Å². The summed E-state index contributed by atoms with van der Waals surface area (Å²) in [6.07, 6.45) is 79.9. The van der Waals surface area contributed by atoms with Crippen LogP contribution in [0, 0.1) is 0 Å². The van der Waals surface area contributed by atoms with Gasteiger partial charge < -0.3 is 33.3 Å². The van der Waals surface area contributed by atoms with Crippen LogP contribution in [-0.2, 0) is 33.3 Å². The molecule has 9 heteroatoms. The van der Waals surface area contributed by atoms with Gasteiger partial charge in [0, 0.05) is 12.8 Å². The molecule has 2 unspecified atom stereocenters. The van der Waals surface area contributed by atoms with E-state index in [-0.39, 0.29) is 38.6 Å².